The molecule has 8 nitrogen and oxygen atoms in total. The number of ketones is 1. The molecule has 1 amide bonds. The minimum absolute atomic E-state index is 0.0442. The van der Waals surface area contributed by atoms with E-state index in [4.69, 9.17) is 14.6 Å². The lowest BCUT2D eigenvalue weighted by molar-refractivity contribution is -0.137. The molecular weight excluding hydrogens is 366 g/mol. The van der Waals surface area contributed by atoms with Crippen molar-refractivity contribution in [2.75, 3.05) is 20.8 Å². The van der Waals surface area contributed by atoms with E-state index in [9.17, 15) is 19.5 Å². The topological polar surface area (TPSA) is 113 Å². The van der Waals surface area contributed by atoms with Crippen molar-refractivity contribution < 1.29 is 34.1 Å². The molecule has 2 N–H and O–H groups in total. The summed E-state index contributed by atoms with van der Waals surface area (Å²) in [5, 5.41) is 19.0. The summed E-state index contributed by atoms with van der Waals surface area (Å²) in [7, 11) is 2.99. The largest absolute Gasteiger partial charge is 0.503 e. The summed E-state index contributed by atoms with van der Waals surface area (Å²) in [5.74, 6) is -1.45. The number of hydrogen-bond acceptors (Lipinski definition) is 6. The molecule has 0 bridgehead atoms. The number of aliphatic hydroxyl groups is 1. The molecule has 1 aliphatic rings. The van der Waals surface area contributed by atoms with Crippen molar-refractivity contribution in [3.05, 3.63) is 35.1 Å². The maximum Gasteiger partial charge on any atom is 0.303 e. The summed E-state index contributed by atoms with van der Waals surface area (Å²) in [4.78, 5) is 36.8. The lowest BCUT2D eigenvalue weighted by Gasteiger charge is -2.27. The third-order valence-electron chi connectivity index (χ3n) is 4.70. The summed E-state index contributed by atoms with van der Waals surface area (Å²) in [5.41, 5.74) is 0.661. The van der Waals surface area contributed by atoms with E-state index in [0.29, 0.717) is 36.3 Å². The zero-order valence-electron chi connectivity index (χ0n) is 16.2. The molecule has 0 radical (unpaired) electrons. The normalized spacial score (nSPS) is 16.5. The fraction of sp³-hybridized carbons (Fsp3) is 0.450. The third kappa shape index (κ3) is 4.44. The summed E-state index contributed by atoms with van der Waals surface area (Å²) in [6.07, 6.45) is 1.73. The third-order valence-corrected chi connectivity index (χ3v) is 4.70. The Morgan fingerprint density at radius 1 is 1.11 bits per heavy atom. The number of amides is 1. The van der Waals surface area contributed by atoms with Gasteiger partial charge in [0.15, 0.2) is 23.0 Å². The fourth-order valence-corrected chi connectivity index (χ4v) is 3.35. The predicted molar refractivity (Wildman–Crippen MR) is 100 cm³/mol. The van der Waals surface area contributed by atoms with Gasteiger partial charge in [0.25, 0.3) is 5.91 Å². The number of ether oxygens (including phenoxy) is 2. The second-order valence-corrected chi connectivity index (χ2v) is 6.54. The highest BCUT2D eigenvalue weighted by Crippen LogP contribution is 2.40. The van der Waals surface area contributed by atoms with Crippen LogP contribution in [0.2, 0.25) is 0 Å². The molecule has 2 rings (SSSR count). The Morgan fingerprint density at radius 2 is 1.79 bits per heavy atom. The van der Waals surface area contributed by atoms with Crippen LogP contribution < -0.4 is 9.47 Å². The van der Waals surface area contributed by atoms with Crippen LogP contribution in [0.1, 0.15) is 44.2 Å². The van der Waals surface area contributed by atoms with Crippen LogP contribution >= 0.6 is 0 Å². The first-order valence-electron chi connectivity index (χ1n) is 9.00. The van der Waals surface area contributed by atoms with Crippen LogP contribution in [0.25, 0.3) is 0 Å². The molecule has 8 heteroatoms. The lowest BCUT2D eigenvalue weighted by atomic mass is 9.96. The molecule has 0 unspecified atom stereocenters. The van der Waals surface area contributed by atoms with Gasteiger partial charge in [-0.25, -0.2) is 0 Å². The molecule has 0 spiro atoms. The SMILES string of the molecule is COc1ccc([C@@H]2C(C(C)=O)=C(O)C(=O)N2CCCCCC(=O)O)cc1OC. The Labute approximate surface area is 163 Å². The molecule has 1 atom stereocenters. The highest BCUT2D eigenvalue weighted by molar-refractivity contribution is 6.08. The number of rotatable bonds is 10. The van der Waals surface area contributed by atoms with Crippen molar-refractivity contribution in [2.24, 2.45) is 0 Å². The van der Waals surface area contributed by atoms with E-state index in [-0.39, 0.29) is 24.3 Å². The van der Waals surface area contributed by atoms with Gasteiger partial charge >= 0.3 is 5.97 Å². The van der Waals surface area contributed by atoms with Crippen LogP contribution in [0.15, 0.2) is 29.5 Å². The van der Waals surface area contributed by atoms with Crippen molar-refractivity contribution in [3.8, 4) is 11.5 Å². The molecule has 28 heavy (non-hydrogen) atoms. The standard InChI is InChI=1S/C20H25NO7/c1-12(22)17-18(13-8-9-14(27-2)15(11-13)28-3)21(20(26)19(17)25)10-6-4-5-7-16(23)24/h8-9,11,18,25H,4-7,10H2,1-3H3,(H,23,24)/t18-/m1/s1. The number of benzene rings is 1. The number of aliphatic hydroxyl groups excluding tert-OH is 1. The zero-order chi connectivity index (χ0) is 20.8. The molecule has 0 saturated carbocycles. The highest BCUT2D eigenvalue weighted by Gasteiger charge is 2.42. The Hall–Kier alpha value is -3.03. The van der Waals surface area contributed by atoms with Gasteiger partial charge in [-0.1, -0.05) is 12.5 Å². The Bertz CT molecular complexity index is 800. The number of carbonyl (C=O) groups excluding carboxylic acids is 2. The van der Waals surface area contributed by atoms with Gasteiger partial charge in [0.1, 0.15) is 0 Å². The highest BCUT2D eigenvalue weighted by atomic mass is 16.5. The van der Waals surface area contributed by atoms with Crippen molar-refractivity contribution >= 4 is 17.7 Å². The van der Waals surface area contributed by atoms with E-state index in [2.05, 4.69) is 0 Å². The van der Waals surface area contributed by atoms with E-state index in [0.717, 1.165) is 0 Å². The van der Waals surface area contributed by atoms with Crippen LogP contribution in [-0.2, 0) is 14.4 Å². The predicted octanol–water partition coefficient (Wildman–Crippen LogP) is 2.63. The van der Waals surface area contributed by atoms with Gasteiger partial charge < -0.3 is 24.6 Å². The van der Waals surface area contributed by atoms with Gasteiger partial charge in [0, 0.05) is 13.0 Å². The Morgan fingerprint density at radius 3 is 2.36 bits per heavy atom. The molecule has 0 fully saturated rings. The molecule has 152 valence electrons. The molecule has 1 heterocycles. The first kappa shape index (κ1) is 21.3. The molecule has 0 aliphatic carbocycles. The fourth-order valence-electron chi connectivity index (χ4n) is 3.35. The average molecular weight is 391 g/mol. The van der Waals surface area contributed by atoms with Gasteiger partial charge in [0.05, 0.1) is 25.8 Å². The van der Waals surface area contributed by atoms with E-state index in [1.54, 1.807) is 18.2 Å². The van der Waals surface area contributed by atoms with Crippen molar-refractivity contribution in [1.29, 1.82) is 0 Å². The van der Waals surface area contributed by atoms with Crippen molar-refractivity contribution in [3.63, 3.8) is 0 Å². The van der Waals surface area contributed by atoms with Crippen LogP contribution in [0.4, 0.5) is 0 Å². The second-order valence-electron chi connectivity index (χ2n) is 6.54. The number of carboxylic acid groups (broad SMARTS) is 1. The second kappa shape index (κ2) is 9.25. The van der Waals surface area contributed by atoms with Gasteiger partial charge in [-0.05, 0) is 37.5 Å². The Balaban J connectivity index is 2.30. The summed E-state index contributed by atoms with van der Waals surface area (Å²) in [6, 6.07) is 4.34. The van der Waals surface area contributed by atoms with Gasteiger partial charge in [-0.2, -0.15) is 0 Å². The number of carbonyl (C=O) groups is 3. The number of hydrogen-bond donors (Lipinski definition) is 2. The monoisotopic (exact) mass is 391 g/mol. The number of Topliss-reactive ketones (excluding diaryl/α,β-unsaturated/α-hetero) is 1. The van der Waals surface area contributed by atoms with E-state index in [1.165, 1.54) is 26.0 Å². The van der Waals surface area contributed by atoms with Gasteiger partial charge in [-0.15, -0.1) is 0 Å². The Kier molecular flexibility index (Phi) is 7.03. The van der Waals surface area contributed by atoms with Crippen LogP contribution in [0.5, 0.6) is 11.5 Å². The number of aliphatic carboxylic acids is 1. The molecule has 0 saturated heterocycles. The minimum atomic E-state index is -0.862. The number of unbranched alkanes of at least 4 members (excludes halogenated alkanes) is 2. The van der Waals surface area contributed by atoms with Crippen molar-refractivity contribution in [1.82, 2.24) is 4.90 Å². The van der Waals surface area contributed by atoms with Crippen LogP contribution in [-0.4, -0.2) is 53.5 Å². The van der Waals surface area contributed by atoms with E-state index < -0.39 is 23.7 Å². The molecule has 1 aromatic rings. The minimum Gasteiger partial charge on any atom is -0.503 e. The smallest absolute Gasteiger partial charge is 0.303 e. The first-order chi connectivity index (χ1) is 13.3. The maximum atomic E-state index is 12.6. The number of methoxy groups -OCH3 is 2. The van der Waals surface area contributed by atoms with E-state index in [1.807, 2.05) is 0 Å². The first-order valence-corrected chi connectivity index (χ1v) is 9.00. The summed E-state index contributed by atoms with van der Waals surface area (Å²) < 4.78 is 10.5. The zero-order valence-corrected chi connectivity index (χ0v) is 16.2. The van der Waals surface area contributed by atoms with Crippen LogP contribution in [0, 0.1) is 0 Å². The number of nitrogens with zero attached hydrogens (tertiary/aromatic N) is 1. The van der Waals surface area contributed by atoms with E-state index >= 15 is 0 Å². The summed E-state index contributed by atoms with van der Waals surface area (Å²) >= 11 is 0. The molecule has 0 aromatic heterocycles. The molecule has 1 aliphatic heterocycles. The van der Waals surface area contributed by atoms with Crippen LogP contribution in [0.3, 0.4) is 0 Å². The lowest BCUT2D eigenvalue weighted by Crippen LogP contribution is -2.32. The molecular formula is C20H25NO7. The van der Waals surface area contributed by atoms with Gasteiger partial charge in [0.2, 0.25) is 0 Å². The molecule has 1 aromatic carbocycles. The summed E-state index contributed by atoms with van der Waals surface area (Å²) in [6.45, 7) is 1.60. The van der Waals surface area contributed by atoms with Gasteiger partial charge in [-0.3, -0.25) is 14.4 Å². The number of carboxylic acids is 1. The quantitative estimate of drug-likeness (QED) is 0.589. The van der Waals surface area contributed by atoms with Crippen molar-refractivity contribution in [2.45, 2.75) is 38.6 Å². The average Bonchev–Trinajstić information content (AvgIpc) is 2.91. The maximum absolute atomic E-state index is 12.6.